The van der Waals surface area contributed by atoms with Gasteiger partial charge in [-0.2, -0.15) is 0 Å². The highest BCUT2D eigenvalue weighted by atomic mass is 16.5. The lowest BCUT2D eigenvalue weighted by Gasteiger charge is -2.25. The van der Waals surface area contributed by atoms with Crippen LogP contribution in [0.2, 0.25) is 0 Å². The lowest BCUT2D eigenvalue weighted by molar-refractivity contribution is 0.0595. The SMILES string of the molecule is C[C@@H](CO)Oc1cc(Oc2ccc3c(c2)OCN(C)C3=O)cc(C(N)=O)c1. The predicted molar refractivity (Wildman–Crippen MR) is 96.2 cm³/mol. The molecule has 0 unspecified atom stereocenters. The quantitative estimate of drug-likeness (QED) is 0.799. The molecular weight excluding hydrogens is 352 g/mol. The molecular formula is C19H20N2O6. The van der Waals surface area contributed by atoms with Crippen molar-refractivity contribution in [3.8, 4) is 23.0 Å². The van der Waals surface area contributed by atoms with Gasteiger partial charge in [0.1, 0.15) is 29.1 Å². The first-order valence-corrected chi connectivity index (χ1v) is 8.30. The minimum absolute atomic E-state index is 0.132. The standard InChI is InChI=1S/C19H20N2O6/c1-11(9-22)26-14-5-12(18(20)23)6-15(7-14)27-13-3-4-16-17(8-13)25-10-21(2)19(16)24/h3-8,11,22H,9-10H2,1-2H3,(H2,20,23)/t11-/m0/s1. The van der Waals surface area contributed by atoms with Gasteiger partial charge in [0.15, 0.2) is 6.73 Å². The fourth-order valence-electron chi connectivity index (χ4n) is 2.54. The Bertz CT molecular complexity index is 882. The Kier molecular flexibility index (Phi) is 5.18. The van der Waals surface area contributed by atoms with E-state index >= 15 is 0 Å². The Morgan fingerprint density at radius 1 is 1.26 bits per heavy atom. The molecule has 0 radical (unpaired) electrons. The Labute approximate surface area is 156 Å². The second kappa shape index (κ2) is 7.55. The predicted octanol–water partition coefficient (Wildman–Crippen LogP) is 1.76. The van der Waals surface area contributed by atoms with Crippen LogP contribution < -0.4 is 19.9 Å². The van der Waals surface area contributed by atoms with Gasteiger partial charge in [0.25, 0.3) is 5.91 Å². The molecule has 0 fully saturated rings. The molecule has 0 spiro atoms. The molecule has 8 heteroatoms. The Morgan fingerprint density at radius 3 is 2.70 bits per heavy atom. The first kappa shape index (κ1) is 18.5. The molecule has 1 heterocycles. The van der Waals surface area contributed by atoms with Gasteiger partial charge < -0.3 is 30.0 Å². The summed E-state index contributed by atoms with van der Waals surface area (Å²) in [7, 11) is 1.65. The highest BCUT2D eigenvalue weighted by Gasteiger charge is 2.23. The van der Waals surface area contributed by atoms with E-state index in [-0.39, 0.29) is 24.8 Å². The molecule has 27 heavy (non-hydrogen) atoms. The van der Waals surface area contributed by atoms with Crippen LogP contribution in [0.5, 0.6) is 23.0 Å². The summed E-state index contributed by atoms with van der Waals surface area (Å²) in [6.45, 7) is 1.66. The van der Waals surface area contributed by atoms with E-state index < -0.39 is 12.0 Å². The highest BCUT2D eigenvalue weighted by molar-refractivity contribution is 5.97. The van der Waals surface area contributed by atoms with Crippen LogP contribution in [0.3, 0.4) is 0 Å². The van der Waals surface area contributed by atoms with E-state index in [1.165, 1.54) is 17.0 Å². The molecule has 1 aliphatic rings. The maximum absolute atomic E-state index is 12.1. The number of amides is 2. The van der Waals surface area contributed by atoms with Crippen LogP contribution in [0.15, 0.2) is 36.4 Å². The third kappa shape index (κ3) is 4.12. The Balaban J connectivity index is 1.88. The number of carbonyl (C=O) groups is 2. The number of hydrogen-bond acceptors (Lipinski definition) is 6. The van der Waals surface area contributed by atoms with Crippen molar-refractivity contribution < 1.29 is 28.9 Å². The van der Waals surface area contributed by atoms with Gasteiger partial charge in [0.05, 0.1) is 12.2 Å². The summed E-state index contributed by atoms with van der Waals surface area (Å²) in [5, 5.41) is 9.14. The van der Waals surface area contributed by atoms with E-state index in [0.29, 0.717) is 28.6 Å². The number of rotatable bonds is 6. The smallest absolute Gasteiger partial charge is 0.259 e. The summed E-state index contributed by atoms with van der Waals surface area (Å²) in [6, 6.07) is 9.40. The lowest BCUT2D eigenvalue weighted by Crippen LogP contribution is -2.35. The topological polar surface area (TPSA) is 111 Å². The largest absolute Gasteiger partial charge is 0.488 e. The maximum Gasteiger partial charge on any atom is 0.259 e. The van der Waals surface area contributed by atoms with Crippen molar-refractivity contribution in [1.29, 1.82) is 0 Å². The number of benzene rings is 2. The van der Waals surface area contributed by atoms with Crippen molar-refractivity contribution in [2.75, 3.05) is 20.4 Å². The van der Waals surface area contributed by atoms with Gasteiger partial charge in [-0.1, -0.05) is 0 Å². The van der Waals surface area contributed by atoms with Gasteiger partial charge in [0.2, 0.25) is 5.91 Å². The molecule has 2 amide bonds. The van der Waals surface area contributed by atoms with Crippen molar-refractivity contribution >= 4 is 11.8 Å². The summed E-state index contributed by atoms with van der Waals surface area (Å²) in [6.07, 6.45) is -0.457. The minimum Gasteiger partial charge on any atom is -0.488 e. The van der Waals surface area contributed by atoms with E-state index in [1.807, 2.05) is 0 Å². The summed E-state index contributed by atoms with van der Waals surface area (Å²) in [5.74, 6) is 0.747. The molecule has 142 valence electrons. The third-order valence-corrected chi connectivity index (χ3v) is 3.94. The molecule has 0 aliphatic carbocycles. The molecule has 1 atom stereocenters. The van der Waals surface area contributed by atoms with Crippen LogP contribution in [-0.4, -0.2) is 48.3 Å². The molecule has 3 rings (SSSR count). The number of nitrogens with zero attached hydrogens (tertiary/aromatic N) is 1. The molecule has 3 N–H and O–H groups in total. The van der Waals surface area contributed by atoms with E-state index in [9.17, 15) is 9.59 Å². The van der Waals surface area contributed by atoms with E-state index in [2.05, 4.69) is 0 Å². The zero-order chi connectivity index (χ0) is 19.6. The molecule has 0 saturated carbocycles. The highest BCUT2D eigenvalue weighted by Crippen LogP contribution is 2.33. The van der Waals surface area contributed by atoms with Gasteiger partial charge in [-0.15, -0.1) is 0 Å². The van der Waals surface area contributed by atoms with E-state index in [0.717, 1.165) is 0 Å². The summed E-state index contributed by atoms with van der Waals surface area (Å²) in [5.41, 5.74) is 6.02. The first-order valence-electron chi connectivity index (χ1n) is 8.30. The van der Waals surface area contributed by atoms with Crippen molar-refractivity contribution in [2.45, 2.75) is 13.0 Å². The number of ether oxygens (including phenoxy) is 3. The molecule has 0 bridgehead atoms. The number of fused-ring (bicyclic) bond motifs is 1. The van der Waals surface area contributed by atoms with Gasteiger partial charge in [-0.05, 0) is 31.2 Å². The second-order valence-corrected chi connectivity index (χ2v) is 6.20. The number of aliphatic hydroxyl groups is 1. The zero-order valence-electron chi connectivity index (χ0n) is 15.0. The average Bonchev–Trinajstić information content (AvgIpc) is 2.64. The molecule has 8 nitrogen and oxygen atoms in total. The number of primary amides is 1. The van der Waals surface area contributed by atoms with E-state index in [1.54, 1.807) is 38.2 Å². The van der Waals surface area contributed by atoms with Crippen LogP contribution in [0.4, 0.5) is 0 Å². The first-order chi connectivity index (χ1) is 12.9. The third-order valence-electron chi connectivity index (χ3n) is 3.94. The van der Waals surface area contributed by atoms with Gasteiger partial charge in [-0.3, -0.25) is 9.59 Å². The Morgan fingerprint density at radius 2 is 2.00 bits per heavy atom. The molecule has 2 aromatic rings. The molecule has 2 aromatic carbocycles. The van der Waals surface area contributed by atoms with Crippen LogP contribution in [0.1, 0.15) is 27.6 Å². The normalized spacial score (nSPS) is 14.2. The number of aliphatic hydroxyl groups excluding tert-OH is 1. The molecule has 0 aromatic heterocycles. The van der Waals surface area contributed by atoms with Crippen LogP contribution >= 0.6 is 0 Å². The number of carbonyl (C=O) groups excluding carboxylic acids is 2. The van der Waals surface area contributed by atoms with Crippen LogP contribution in [0.25, 0.3) is 0 Å². The van der Waals surface area contributed by atoms with Crippen LogP contribution in [-0.2, 0) is 0 Å². The molecule has 1 aliphatic heterocycles. The number of nitrogens with two attached hydrogens (primary N) is 1. The summed E-state index contributed by atoms with van der Waals surface area (Å²) >= 11 is 0. The summed E-state index contributed by atoms with van der Waals surface area (Å²) in [4.78, 5) is 25.1. The fraction of sp³-hybridized carbons (Fsp3) is 0.263. The number of hydrogen-bond donors (Lipinski definition) is 2. The van der Waals surface area contributed by atoms with Crippen molar-refractivity contribution in [2.24, 2.45) is 5.73 Å². The lowest BCUT2D eigenvalue weighted by atomic mass is 10.1. The molecule has 0 saturated heterocycles. The monoisotopic (exact) mass is 372 g/mol. The fourth-order valence-corrected chi connectivity index (χ4v) is 2.54. The van der Waals surface area contributed by atoms with Gasteiger partial charge >= 0.3 is 0 Å². The van der Waals surface area contributed by atoms with Gasteiger partial charge in [-0.25, -0.2) is 0 Å². The Hall–Kier alpha value is -3.26. The second-order valence-electron chi connectivity index (χ2n) is 6.20. The zero-order valence-corrected chi connectivity index (χ0v) is 15.0. The van der Waals surface area contributed by atoms with Crippen LogP contribution in [0, 0.1) is 0 Å². The van der Waals surface area contributed by atoms with Crippen molar-refractivity contribution in [3.63, 3.8) is 0 Å². The maximum atomic E-state index is 12.1. The minimum atomic E-state index is -0.635. The summed E-state index contributed by atoms with van der Waals surface area (Å²) < 4.78 is 16.9. The van der Waals surface area contributed by atoms with Crippen molar-refractivity contribution in [1.82, 2.24) is 4.90 Å². The van der Waals surface area contributed by atoms with E-state index in [4.69, 9.17) is 25.1 Å². The van der Waals surface area contributed by atoms with Crippen molar-refractivity contribution in [3.05, 3.63) is 47.5 Å². The van der Waals surface area contributed by atoms with Gasteiger partial charge in [0, 0.05) is 24.7 Å². The average molecular weight is 372 g/mol.